The van der Waals surface area contributed by atoms with Crippen molar-refractivity contribution < 1.29 is 29.0 Å². The van der Waals surface area contributed by atoms with Gasteiger partial charge in [0.05, 0.1) is 18.6 Å². The van der Waals surface area contributed by atoms with Crippen LogP contribution in [-0.4, -0.2) is 70.8 Å². The van der Waals surface area contributed by atoms with E-state index >= 15 is 0 Å². The minimum Gasteiger partial charge on any atom is -0.461 e. The van der Waals surface area contributed by atoms with E-state index in [-0.39, 0.29) is 25.0 Å². The number of nitrogens with zero attached hydrogens (tertiary/aromatic N) is 2. The summed E-state index contributed by atoms with van der Waals surface area (Å²) in [5.74, 6) is -2.94. The number of aryl methyl sites for hydroxylation is 2. The third-order valence-corrected chi connectivity index (χ3v) is 8.42. The Morgan fingerprint density at radius 2 is 1.78 bits per heavy atom. The van der Waals surface area contributed by atoms with Gasteiger partial charge >= 0.3 is 5.97 Å². The van der Waals surface area contributed by atoms with Gasteiger partial charge in [-0.05, 0) is 43.9 Å². The molecule has 4 aliphatic rings. The highest BCUT2D eigenvalue weighted by Crippen LogP contribution is 2.59. The number of carbonyl (C=O) groups is 3. The highest BCUT2D eigenvalue weighted by Gasteiger charge is 2.76. The van der Waals surface area contributed by atoms with Crippen LogP contribution in [-0.2, 0) is 23.9 Å². The van der Waals surface area contributed by atoms with Gasteiger partial charge in [0.1, 0.15) is 29.8 Å². The van der Waals surface area contributed by atoms with Crippen molar-refractivity contribution in [1.82, 2.24) is 4.90 Å². The average Bonchev–Trinajstić information content (AvgIpc) is 3.14. The predicted octanol–water partition coefficient (Wildman–Crippen LogP) is 2.45. The molecule has 8 heteroatoms. The zero-order chi connectivity index (χ0) is 25.8. The lowest BCUT2D eigenvalue weighted by Crippen LogP contribution is -2.59. The summed E-state index contributed by atoms with van der Waals surface area (Å²) < 4.78 is 12.3. The maximum atomic E-state index is 14.5. The van der Waals surface area contributed by atoms with Gasteiger partial charge in [-0.15, -0.1) is 0 Å². The Morgan fingerprint density at radius 3 is 2.42 bits per heavy atom. The number of hydrogen-bond acceptors (Lipinski definition) is 6. The van der Waals surface area contributed by atoms with Crippen LogP contribution in [0, 0.1) is 25.7 Å². The Labute approximate surface area is 211 Å². The number of amides is 2. The fraction of sp³-hybridized carbons (Fsp3) is 0.536. The Hall–Kier alpha value is -2.97. The summed E-state index contributed by atoms with van der Waals surface area (Å²) in [5.41, 5.74) is 0.279. The fourth-order valence-electron chi connectivity index (χ4n) is 6.77. The van der Waals surface area contributed by atoms with Crippen molar-refractivity contribution in [1.29, 1.82) is 0 Å². The summed E-state index contributed by atoms with van der Waals surface area (Å²) in [4.78, 5) is 45.2. The normalized spacial score (nSPS) is 34.1. The zero-order valence-electron chi connectivity index (χ0n) is 21.3. The van der Waals surface area contributed by atoms with Crippen LogP contribution in [0.4, 0.5) is 5.69 Å². The van der Waals surface area contributed by atoms with Crippen LogP contribution in [0.1, 0.15) is 37.8 Å². The molecule has 0 radical (unpaired) electrons. The summed E-state index contributed by atoms with van der Waals surface area (Å²) in [7, 11) is 0. The molecule has 1 aromatic rings. The first-order chi connectivity index (χ1) is 17.3. The molecule has 5 rings (SSSR count). The topological polar surface area (TPSA) is 96.4 Å². The molecule has 8 nitrogen and oxygen atoms in total. The van der Waals surface area contributed by atoms with Crippen molar-refractivity contribution in [2.45, 2.75) is 63.8 Å². The van der Waals surface area contributed by atoms with Gasteiger partial charge in [0.15, 0.2) is 0 Å². The Kier molecular flexibility index (Phi) is 6.08. The van der Waals surface area contributed by atoms with Gasteiger partial charge in [0.25, 0.3) is 5.91 Å². The maximum absolute atomic E-state index is 14.5. The van der Waals surface area contributed by atoms with Gasteiger partial charge in [-0.25, -0.2) is 0 Å². The number of cyclic esters (lactones) is 1. The Bertz CT molecular complexity index is 1140. The molecule has 1 N–H and O–H groups in total. The first-order valence-corrected chi connectivity index (χ1v) is 12.8. The summed E-state index contributed by atoms with van der Waals surface area (Å²) in [6.45, 7) is 7.83. The van der Waals surface area contributed by atoms with E-state index in [0.29, 0.717) is 19.4 Å². The maximum Gasteiger partial charge on any atom is 0.313 e. The van der Waals surface area contributed by atoms with Crippen LogP contribution in [0.2, 0.25) is 0 Å². The van der Waals surface area contributed by atoms with E-state index in [4.69, 9.17) is 9.47 Å². The van der Waals surface area contributed by atoms with Crippen LogP contribution < -0.4 is 4.90 Å². The SMILES string of the molecule is CC[C@@H](CO)N1C(=O)[C@@H]2[C@H]3C(=O)OCC=C[C@@]3(CC)O[C@@]23C=CCN(c2c(C)cccc2C)C(=O)C13. The summed E-state index contributed by atoms with van der Waals surface area (Å²) >= 11 is 0. The molecule has 6 atom stereocenters. The molecule has 2 fully saturated rings. The molecular formula is C28H34N2O6. The van der Waals surface area contributed by atoms with Crippen LogP contribution in [0.25, 0.3) is 0 Å². The minimum absolute atomic E-state index is 0.116. The van der Waals surface area contributed by atoms with Gasteiger partial charge in [0.2, 0.25) is 5.91 Å². The number of ether oxygens (including phenoxy) is 2. The third-order valence-electron chi connectivity index (χ3n) is 8.42. The first-order valence-electron chi connectivity index (χ1n) is 12.8. The van der Waals surface area contributed by atoms with E-state index in [1.165, 1.54) is 4.90 Å². The van der Waals surface area contributed by atoms with Gasteiger partial charge in [0, 0.05) is 12.2 Å². The molecule has 192 valence electrons. The number of likely N-dealkylation sites (tertiary alicyclic amines) is 1. The van der Waals surface area contributed by atoms with E-state index in [1.54, 1.807) is 11.0 Å². The van der Waals surface area contributed by atoms with Gasteiger partial charge in [-0.2, -0.15) is 0 Å². The average molecular weight is 495 g/mol. The second-order valence-electron chi connectivity index (χ2n) is 10.2. The smallest absolute Gasteiger partial charge is 0.313 e. The molecule has 2 saturated heterocycles. The summed E-state index contributed by atoms with van der Waals surface area (Å²) in [6.07, 6.45) is 8.18. The monoisotopic (exact) mass is 494 g/mol. The van der Waals surface area contributed by atoms with Crippen LogP contribution >= 0.6 is 0 Å². The molecule has 1 spiro atoms. The number of anilines is 1. The number of hydrogen-bond donors (Lipinski definition) is 1. The molecule has 4 aliphatic heterocycles. The fourth-order valence-corrected chi connectivity index (χ4v) is 6.77. The van der Waals surface area contributed by atoms with Crippen molar-refractivity contribution in [3.8, 4) is 0 Å². The lowest BCUT2D eigenvalue weighted by atomic mass is 9.73. The van der Waals surface area contributed by atoms with Crippen molar-refractivity contribution in [3.05, 3.63) is 53.6 Å². The standard InChI is InChI=1S/C28H34N2O6/c1-5-19(16-31)30-23-25(33)29(22-17(3)10-7-11-18(22)4)14-8-13-28(23)20(24(30)32)21-26(34)35-15-9-12-27(21,6-2)36-28/h7-13,19-21,23,31H,5-6,14-16H2,1-4H3/t19-,20-,21-,23?,27+,28-/m0/s1. The zero-order valence-corrected chi connectivity index (χ0v) is 21.3. The largest absolute Gasteiger partial charge is 0.461 e. The molecule has 0 aromatic heterocycles. The lowest BCUT2D eigenvalue weighted by molar-refractivity contribution is -0.159. The molecular weight excluding hydrogens is 460 g/mol. The van der Waals surface area contributed by atoms with E-state index in [9.17, 15) is 19.5 Å². The highest BCUT2D eigenvalue weighted by atomic mass is 16.6. The van der Waals surface area contributed by atoms with E-state index < -0.39 is 41.1 Å². The van der Waals surface area contributed by atoms with Crippen molar-refractivity contribution in [3.63, 3.8) is 0 Å². The first kappa shape index (κ1) is 24.7. The number of rotatable bonds is 5. The van der Waals surface area contributed by atoms with E-state index in [0.717, 1.165) is 16.8 Å². The molecule has 36 heavy (non-hydrogen) atoms. The summed E-state index contributed by atoms with van der Waals surface area (Å²) in [6, 6.07) is 4.25. The molecule has 0 bridgehead atoms. The highest BCUT2D eigenvalue weighted by molar-refractivity contribution is 6.06. The number of esters is 1. The molecule has 0 aliphatic carbocycles. The van der Waals surface area contributed by atoms with Crippen molar-refractivity contribution >= 4 is 23.5 Å². The van der Waals surface area contributed by atoms with Crippen LogP contribution in [0.15, 0.2) is 42.5 Å². The van der Waals surface area contributed by atoms with Crippen molar-refractivity contribution in [2.75, 3.05) is 24.7 Å². The molecule has 4 heterocycles. The number of carbonyl (C=O) groups excluding carboxylic acids is 3. The number of para-hydroxylation sites is 1. The van der Waals surface area contributed by atoms with Crippen LogP contribution in [0.3, 0.4) is 0 Å². The van der Waals surface area contributed by atoms with E-state index in [2.05, 4.69) is 0 Å². The quantitative estimate of drug-likeness (QED) is 0.499. The van der Waals surface area contributed by atoms with Crippen molar-refractivity contribution in [2.24, 2.45) is 11.8 Å². The summed E-state index contributed by atoms with van der Waals surface area (Å²) in [5, 5.41) is 10.2. The second kappa shape index (κ2) is 8.85. The van der Waals surface area contributed by atoms with E-state index in [1.807, 2.05) is 64.1 Å². The molecule has 1 unspecified atom stereocenters. The molecule has 0 saturated carbocycles. The number of fused-ring (bicyclic) bond motifs is 2. The molecule has 1 aromatic carbocycles. The third kappa shape index (κ3) is 3.23. The minimum atomic E-state index is -1.36. The lowest BCUT2D eigenvalue weighted by Gasteiger charge is -2.40. The number of aliphatic hydroxyl groups is 1. The van der Waals surface area contributed by atoms with Gasteiger partial charge in [-0.3, -0.25) is 14.4 Å². The second-order valence-corrected chi connectivity index (χ2v) is 10.2. The Morgan fingerprint density at radius 1 is 1.06 bits per heavy atom. The number of benzene rings is 1. The van der Waals surface area contributed by atoms with Gasteiger partial charge in [-0.1, -0.05) is 50.3 Å². The predicted molar refractivity (Wildman–Crippen MR) is 133 cm³/mol. The van der Waals surface area contributed by atoms with Gasteiger partial charge < -0.3 is 24.4 Å². The number of aliphatic hydroxyl groups excluding tert-OH is 1. The molecule has 2 amide bonds. The Balaban J connectivity index is 1.72. The van der Waals surface area contributed by atoms with Crippen LogP contribution in [0.5, 0.6) is 0 Å².